The van der Waals surface area contributed by atoms with E-state index in [1.807, 2.05) is 32.0 Å². The molecule has 0 radical (unpaired) electrons. The Labute approximate surface area is 146 Å². The maximum atomic E-state index is 12.6. The highest BCUT2D eigenvalue weighted by molar-refractivity contribution is 5.87. The fourth-order valence-corrected chi connectivity index (χ4v) is 2.68. The molecule has 0 aromatic heterocycles. The van der Waals surface area contributed by atoms with Crippen LogP contribution >= 0.6 is 0 Å². The molecule has 0 unspecified atom stereocenters. The zero-order valence-electron chi connectivity index (χ0n) is 15.5. The molecule has 1 N–H and O–H groups in total. The van der Waals surface area contributed by atoms with Gasteiger partial charge in [-0.15, -0.1) is 0 Å². The Hall–Kier alpha value is -1.84. The molecular formula is C20H32N2O2. The molecular weight excluding hydrogens is 300 g/mol. The third kappa shape index (κ3) is 6.73. The molecule has 0 saturated heterocycles. The van der Waals surface area contributed by atoms with Gasteiger partial charge in [0.15, 0.2) is 0 Å². The van der Waals surface area contributed by atoms with Gasteiger partial charge in [-0.05, 0) is 30.7 Å². The fraction of sp³-hybridized carbons (Fsp3) is 0.600. The number of carbonyl (C=O) groups is 2. The molecule has 1 aromatic rings. The van der Waals surface area contributed by atoms with Gasteiger partial charge in [0, 0.05) is 19.5 Å². The summed E-state index contributed by atoms with van der Waals surface area (Å²) in [6.07, 6.45) is 2.69. The van der Waals surface area contributed by atoms with Crippen molar-refractivity contribution >= 4 is 11.8 Å². The summed E-state index contributed by atoms with van der Waals surface area (Å²) >= 11 is 0. The van der Waals surface area contributed by atoms with Crippen molar-refractivity contribution in [2.75, 3.05) is 13.1 Å². The Morgan fingerprint density at radius 2 is 1.79 bits per heavy atom. The number of nitrogens with one attached hydrogen (secondary N) is 1. The minimum absolute atomic E-state index is 0.0382. The van der Waals surface area contributed by atoms with Gasteiger partial charge in [0.25, 0.3) is 0 Å². The summed E-state index contributed by atoms with van der Waals surface area (Å²) in [4.78, 5) is 26.9. The topological polar surface area (TPSA) is 49.4 Å². The van der Waals surface area contributed by atoms with Crippen LogP contribution in [-0.4, -0.2) is 35.8 Å². The van der Waals surface area contributed by atoms with Crippen LogP contribution in [-0.2, 0) is 16.0 Å². The molecule has 0 aliphatic heterocycles. The van der Waals surface area contributed by atoms with Gasteiger partial charge >= 0.3 is 0 Å². The third-order valence-corrected chi connectivity index (χ3v) is 4.02. The van der Waals surface area contributed by atoms with Crippen molar-refractivity contribution in [3.05, 3.63) is 35.9 Å². The average Bonchev–Trinajstić information content (AvgIpc) is 2.57. The van der Waals surface area contributed by atoms with Crippen LogP contribution in [0.2, 0.25) is 0 Å². The number of carbonyl (C=O) groups excluding carboxylic acids is 2. The lowest BCUT2D eigenvalue weighted by atomic mass is 10.1. The highest BCUT2D eigenvalue weighted by atomic mass is 16.2. The summed E-state index contributed by atoms with van der Waals surface area (Å²) in [5, 5.41) is 2.98. The summed E-state index contributed by atoms with van der Waals surface area (Å²) < 4.78 is 0. The summed E-state index contributed by atoms with van der Waals surface area (Å²) in [6, 6.07) is 9.72. The third-order valence-electron chi connectivity index (χ3n) is 4.02. The first kappa shape index (κ1) is 20.2. The van der Waals surface area contributed by atoms with E-state index in [1.54, 1.807) is 4.90 Å². The lowest BCUT2D eigenvalue weighted by Gasteiger charge is -2.31. The van der Waals surface area contributed by atoms with E-state index in [0.717, 1.165) is 12.8 Å². The first-order chi connectivity index (χ1) is 11.5. The van der Waals surface area contributed by atoms with Crippen molar-refractivity contribution in [2.45, 2.75) is 59.4 Å². The molecule has 0 bridgehead atoms. The summed E-state index contributed by atoms with van der Waals surface area (Å²) in [6.45, 7) is 9.31. The van der Waals surface area contributed by atoms with E-state index in [4.69, 9.17) is 0 Å². The SMILES string of the molecule is CCCC(=O)N(CCc1ccccc1)[C@H](CC)C(=O)NCC(C)C. The van der Waals surface area contributed by atoms with Crippen molar-refractivity contribution in [2.24, 2.45) is 5.92 Å². The Bertz CT molecular complexity index is 500. The second-order valence-electron chi connectivity index (χ2n) is 6.64. The van der Waals surface area contributed by atoms with Crippen LogP contribution in [0.5, 0.6) is 0 Å². The Kier molecular flexibility index (Phi) is 9.13. The normalized spacial score (nSPS) is 12.0. The molecule has 24 heavy (non-hydrogen) atoms. The van der Waals surface area contributed by atoms with Gasteiger partial charge in [-0.1, -0.05) is 58.0 Å². The summed E-state index contributed by atoms with van der Waals surface area (Å²) in [5.41, 5.74) is 1.18. The van der Waals surface area contributed by atoms with E-state index in [9.17, 15) is 9.59 Å². The minimum Gasteiger partial charge on any atom is -0.354 e. The fourth-order valence-electron chi connectivity index (χ4n) is 2.68. The van der Waals surface area contributed by atoms with E-state index in [1.165, 1.54) is 5.56 Å². The highest BCUT2D eigenvalue weighted by Gasteiger charge is 2.27. The molecule has 4 heteroatoms. The zero-order chi connectivity index (χ0) is 17.9. The maximum absolute atomic E-state index is 12.6. The van der Waals surface area contributed by atoms with E-state index in [2.05, 4.69) is 31.3 Å². The Morgan fingerprint density at radius 3 is 2.33 bits per heavy atom. The average molecular weight is 332 g/mol. The van der Waals surface area contributed by atoms with Crippen LogP contribution in [0.15, 0.2) is 30.3 Å². The van der Waals surface area contributed by atoms with Gasteiger partial charge in [0.1, 0.15) is 6.04 Å². The smallest absolute Gasteiger partial charge is 0.242 e. The van der Waals surface area contributed by atoms with Gasteiger partial charge in [0.05, 0.1) is 0 Å². The van der Waals surface area contributed by atoms with Crippen molar-refractivity contribution in [1.29, 1.82) is 0 Å². The summed E-state index contributed by atoms with van der Waals surface area (Å²) in [7, 11) is 0. The molecule has 1 aromatic carbocycles. The van der Waals surface area contributed by atoms with Crippen molar-refractivity contribution in [1.82, 2.24) is 10.2 Å². The second kappa shape index (κ2) is 10.8. The van der Waals surface area contributed by atoms with Crippen LogP contribution in [0.4, 0.5) is 0 Å². The van der Waals surface area contributed by atoms with Gasteiger partial charge in [-0.2, -0.15) is 0 Å². The molecule has 2 amide bonds. The molecule has 0 aliphatic rings. The maximum Gasteiger partial charge on any atom is 0.242 e. The van der Waals surface area contributed by atoms with E-state index in [0.29, 0.717) is 31.8 Å². The Balaban J connectivity index is 2.80. The second-order valence-corrected chi connectivity index (χ2v) is 6.64. The van der Waals surface area contributed by atoms with E-state index < -0.39 is 0 Å². The quantitative estimate of drug-likeness (QED) is 0.714. The Morgan fingerprint density at radius 1 is 1.12 bits per heavy atom. The standard InChI is InChI=1S/C20H32N2O2/c1-5-10-19(23)22(14-13-17-11-8-7-9-12-17)18(6-2)20(24)21-15-16(3)4/h7-9,11-12,16,18H,5-6,10,13-15H2,1-4H3,(H,21,24)/t18-/m1/s1. The number of hydrogen-bond acceptors (Lipinski definition) is 2. The van der Waals surface area contributed by atoms with Crippen LogP contribution in [0.1, 0.15) is 52.5 Å². The molecule has 0 spiro atoms. The number of amides is 2. The van der Waals surface area contributed by atoms with Crippen LogP contribution in [0.25, 0.3) is 0 Å². The highest BCUT2D eigenvalue weighted by Crippen LogP contribution is 2.11. The zero-order valence-corrected chi connectivity index (χ0v) is 15.5. The van der Waals surface area contributed by atoms with Gasteiger partial charge in [-0.25, -0.2) is 0 Å². The number of benzene rings is 1. The molecule has 4 nitrogen and oxygen atoms in total. The van der Waals surface area contributed by atoms with Crippen molar-refractivity contribution < 1.29 is 9.59 Å². The predicted octanol–water partition coefficient (Wildman–Crippen LogP) is 3.41. The van der Waals surface area contributed by atoms with Crippen molar-refractivity contribution in [3.63, 3.8) is 0 Å². The largest absolute Gasteiger partial charge is 0.354 e. The molecule has 1 rings (SSSR count). The first-order valence-electron chi connectivity index (χ1n) is 9.10. The molecule has 0 fully saturated rings. The summed E-state index contributed by atoms with van der Waals surface area (Å²) in [5.74, 6) is 0.430. The number of rotatable bonds is 10. The number of nitrogens with zero attached hydrogens (tertiary/aromatic N) is 1. The predicted molar refractivity (Wildman–Crippen MR) is 98.7 cm³/mol. The van der Waals surface area contributed by atoms with E-state index in [-0.39, 0.29) is 17.9 Å². The lowest BCUT2D eigenvalue weighted by molar-refractivity contribution is -0.140. The molecule has 1 atom stereocenters. The van der Waals surface area contributed by atoms with E-state index >= 15 is 0 Å². The minimum atomic E-state index is -0.383. The van der Waals surface area contributed by atoms with Crippen LogP contribution in [0.3, 0.4) is 0 Å². The van der Waals surface area contributed by atoms with Gasteiger partial charge in [-0.3, -0.25) is 9.59 Å². The van der Waals surface area contributed by atoms with Crippen LogP contribution < -0.4 is 5.32 Å². The van der Waals surface area contributed by atoms with Crippen molar-refractivity contribution in [3.8, 4) is 0 Å². The first-order valence-corrected chi connectivity index (χ1v) is 9.10. The number of hydrogen-bond donors (Lipinski definition) is 1. The van der Waals surface area contributed by atoms with Gasteiger partial charge in [0.2, 0.25) is 11.8 Å². The molecule has 0 aliphatic carbocycles. The monoisotopic (exact) mass is 332 g/mol. The molecule has 134 valence electrons. The molecule has 0 saturated carbocycles. The van der Waals surface area contributed by atoms with Gasteiger partial charge < -0.3 is 10.2 Å². The lowest BCUT2D eigenvalue weighted by Crippen LogP contribution is -2.50. The molecule has 0 heterocycles. The van der Waals surface area contributed by atoms with Crippen LogP contribution in [0, 0.1) is 5.92 Å².